The molecule has 14 heteroatoms. The Morgan fingerprint density at radius 2 is 1.91 bits per heavy atom. The Hall–Kier alpha value is -4.98. The van der Waals surface area contributed by atoms with E-state index in [1.165, 1.54) is 21.3 Å². The maximum atomic E-state index is 12.9. The molecule has 45 heavy (non-hydrogen) atoms. The summed E-state index contributed by atoms with van der Waals surface area (Å²) >= 11 is 0. The molecule has 0 saturated heterocycles. The number of aromatic amines is 1. The zero-order valence-corrected chi connectivity index (χ0v) is 26.1. The molecule has 2 aliphatic heterocycles. The summed E-state index contributed by atoms with van der Waals surface area (Å²) in [7, 11) is 8.32. The average Bonchev–Trinajstić information content (AvgIpc) is 3.45. The Bertz CT molecular complexity index is 1520. The van der Waals surface area contributed by atoms with Crippen molar-refractivity contribution in [1.29, 1.82) is 0 Å². The number of aromatic nitrogens is 1. The normalized spacial score (nSPS) is 19.9. The van der Waals surface area contributed by atoms with Gasteiger partial charge in [0.05, 0.1) is 39.3 Å². The number of anilines is 1. The highest BCUT2D eigenvalue weighted by atomic mass is 16.5. The van der Waals surface area contributed by atoms with Crippen molar-refractivity contribution in [1.82, 2.24) is 20.1 Å². The van der Waals surface area contributed by atoms with E-state index in [0.29, 0.717) is 59.8 Å². The molecule has 240 valence electrons. The molecular weight excluding hydrogens is 582 g/mol. The maximum absolute atomic E-state index is 12.9. The van der Waals surface area contributed by atoms with Gasteiger partial charge in [0.25, 0.3) is 11.8 Å². The number of H-pyrrole nitrogens is 1. The van der Waals surface area contributed by atoms with Gasteiger partial charge in [0.15, 0.2) is 30.5 Å². The van der Waals surface area contributed by atoms with Crippen LogP contribution in [0.2, 0.25) is 0 Å². The number of amides is 2. The first-order valence-corrected chi connectivity index (χ1v) is 14.6. The van der Waals surface area contributed by atoms with Crippen molar-refractivity contribution in [2.75, 3.05) is 67.0 Å². The Morgan fingerprint density at radius 1 is 1.13 bits per heavy atom. The first kappa shape index (κ1) is 31.4. The molecule has 3 aliphatic rings. The van der Waals surface area contributed by atoms with E-state index in [4.69, 9.17) is 28.7 Å². The largest absolute Gasteiger partial charge is 0.493 e. The van der Waals surface area contributed by atoms with Crippen LogP contribution in [0.3, 0.4) is 0 Å². The number of methoxy groups -OCH3 is 3. The van der Waals surface area contributed by atoms with Crippen molar-refractivity contribution in [3.05, 3.63) is 53.1 Å². The third-order valence-corrected chi connectivity index (χ3v) is 7.58. The minimum Gasteiger partial charge on any atom is -0.493 e. The van der Waals surface area contributed by atoms with Crippen LogP contribution in [0.15, 0.2) is 52.0 Å². The van der Waals surface area contributed by atoms with Gasteiger partial charge in [0.2, 0.25) is 5.75 Å². The molecule has 0 fully saturated rings. The van der Waals surface area contributed by atoms with E-state index >= 15 is 0 Å². The van der Waals surface area contributed by atoms with E-state index in [2.05, 4.69) is 32.6 Å². The molecule has 1 aromatic carbocycles. The quantitative estimate of drug-likeness (QED) is 0.424. The van der Waals surface area contributed by atoms with Crippen LogP contribution in [-0.2, 0) is 25.6 Å². The highest BCUT2D eigenvalue weighted by Crippen LogP contribution is 2.40. The van der Waals surface area contributed by atoms with Crippen LogP contribution in [0.1, 0.15) is 24.0 Å². The molecular formula is C31H39N7O7. The molecule has 14 nitrogen and oxygen atoms in total. The third kappa shape index (κ3) is 7.40. The zero-order valence-electron chi connectivity index (χ0n) is 26.1. The van der Waals surface area contributed by atoms with Crippen LogP contribution in [-0.4, -0.2) is 107 Å². The monoisotopic (exact) mass is 621 g/mol. The lowest BCUT2D eigenvalue weighted by Gasteiger charge is -2.25. The fourth-order valence-electron chi connectivity index (χ4n) is 5.26. The number of aliphatic imine (C=N–C) groups is 2. The van der Waals surface area contributed by atoms with Crippen molar-refractivity contribution in [3.63, 3.8) is 0 Å². The van der Waals surface area contributed by atoms with Crippen LogP contribution >= 0.6 is 0 Å². The number of fused-ring (bicyclic) bond motifs is 2. The van der Waals surface area contributed by atoms with Gasteiger partial charge in [-0.15, -0.1) is 0 Å². The number of ether oxygens (including phenoxy) is 5. The molecule has 1 unspecified atom stereocenters. The number of allylic oxidation sites excluding steroid dienone is 1. The lowest BCUT2D eigenvalue weighted by Crippen LogP contribution is -2.34. The van der Waals surface area contributed by atoms with E-state index < -0.39 is 5.91 Å². The van der Waals surface area contributed by atoms with E-state index in [-0.39, 0.29) is 25.2 Å². The number of rotatable bonds is 7. The molecule has 0 spiro atoms. The van der Waals surface area contributed by atoms with Crippen molar-refractivity contribution >= 4 is 35.5 Å². The van der Waals surface area contributed by atoms with Crippen LogP contribution in [0.4, 0.5) is 11.5 Å². The second kappa shape index (κ2) is 14.2. The second-order valence-electron chi connectivity index (χ2n) is 10.8. The topological polar surface area (TPSA) is 151 Å². The van der Waals surface area contributed by atoms with Crippen molar-refractivity contribution in [2.24, 2.45) is 9.98 Å². The Balaban J connectivity index is 1.35. The fourth-order valence-corrected chi connectivity index (χ4v) is 5.26. The lowest BCUT2D eigenvalue weighted by atomic mass is 10.1. The molecule has 2 aromatic rings. The first-order valence-electron chi connectivity index (χ1n) is 14.6. The van der Waals surface area contributed by atoms with Gasteiger partial charge < -0.3 is 49.1 Å². The predicted molar refractivity (Wildman–Crippen MR) is 168 cm³/mol. The average molecular weight is 622 g/mol. The number of hydrogen-bond acceptors (Lipinski definition) is 11. The molecule has 2 bridgehead atoms. The zero-order chi connectivity index (χ0) is 31.9. The van der Waals surface area contributed by atoms with Crippen LogP contribution < -0.4 is 24.8 Å². The fraction of sp³-hybridized carbons (Fsp3) is 0.419. The standard InChI is InChI=1S/C31H39N7O7/c1-37-9-6-10-38(2)27(40)17-45-23-11-20(36-31-28-19(15-37)14-32-30(28)33-18-34-31)7-8-22(23)44-16-26(39)35-21-12-24(41-3)29(43-5)25(13-21)42-4/h7-8,12-14,18,20H,6,9-11,15-17H2,1-5H3,(H,35,39)(H2,32,33,34,36). The minimum atomic E-state index is -0.416. The molecule has 0 radical (unpaired) electrons. The predicted octanol–water partition coefficient (Wildman–Crippen LogP) is 2.56. The van der Waals surface area contributed by atoms with Crippen LogP contribution in [0.25, 0.3) is 0 Å². The highest BCUT2D eigenvalue weighted by Gasteiger charge is 2.26. The van der Waals surface area contributed by atoms with Gasteiger partial charge in [-0.2, -0.15) is 0 Å². The van der Waals surface area contributed by atoms with Crippen LogP contribution in [0.5, 0.6) is 17.2 Å². The Labute approximate surface area is 261 Å². The Morgan fingerprint density at radius 3 is 2.64 bits per heavy atom. The molecule has 2 amide bonds. The number of carbonyl (C=O) groups excluding carboxylic acids is 2. The van der Waals surface area contributed by atoms with E-state index in [1.807, 2.05) is 12.3 Å². The first-order chi connectivity index (χ1) is 21.8. The summed E-state index contributed by atoms with van der Waals surface area (Å²) in [4.78, 5) is 42.3. The summed E-state index contributed by atoms with van der Waals surface area (Å²) in [5.41, 5.74) is 2.44. The smallest absolute Gasteiger partial charge is 0.262 e. The van der Waals surface area contributed by atoms with Gasteiger partial charge in [-0.1, -0.05) is 6.08 Å². The number of likely N-dealkylation sites (N-methyl/N-ethyl adjacent to an activating group) is 1. The van der Waals surface area contributed by atoms with Crippen molar-refractivity contribution in [2.45, 2.75) is 25.4 Å². The second-order valence-corrected chi connectivity index (χ2v) is 10.8. The van der Waals surface area contributed by atoms with Gasteiger partial charge in [-0.3, -0.25) is 14.6 Å². The summed E-state index contributed by atoms with van der Waals surface area (Å²) in [6.45, 7) is 1.61. The van der Waals surface area contributed by atoms with Gasteiger partial charge in [0, 0.05) is 50.6 Å². The molecule has 1 aromatic heterocycles. The SMILES string of the molecule is COc1cc(NC(=O)COC2=C3CC(C=C2)/N=C2\NC=Nc4[nH]cc(c42)CN(C)CCCN(C)C(=O)CO3)cc(OC)c1OC. The highest BCUT2D eigenvalue weighted by molar-refractivity contribution is 6.11. The number of carbonyl (C=O) groups is 2. The van der Waals surface area contributed by atoms with E-state index in [9.17, 15) is 9.59 Å². The summed E-state index contributed by atoms with van der Waals surface area (Å²) in [5, 5.41) is 5.98. The minimum absolute atomic E-state index is 0.156. The van der Waals surface area contributed by atoms with Gasteiger partial charge in [-0.05, 0) is 31.7 Å². The summed E-state index contributed by atoms with van der Waals surface area (Å²) in [5.74, 6) is 2.87. The van der Waals surface area contributed by atoms with Crippen molar-refractivity contribution in [3.8, 4) is 17.2 Å². The van der Waals surface area contributed by atoms with Crippen LogP contribution in [0, 0.1) is 0 Å². The number of benzene rings is 1. The Kier molecular flexibility index (Phi) is 9.92. The lowest BCUT2D eigenvalue weighted by molar-refractivity contribution is -0.133. The van der Waals surface area contributed by atoms with Crippen molar-refractivity contribution < 1.29 is 33.3 Å². The number of nitrogens with zero attached hydrogens (tertiary/aromatic N) is 4. The summed E-state index contributed by atoms with van der Waals surface area (Å²) in [6, 6.07) is 2.94. The number of nitrogens with one attached hydrogen (secondary N) is 3. The van der Waals surface area contributed by atoms with E-state index in [1.54, 1.807) is 36.5 Å². The van der Waals surface area contributed by atoms with Gasteiger partial charge in [-0.25, -0.2) is 4.99 Å². The maximum Gasteiger partial charge on any atom is 0.262 e. The molecule has 3 heterocycles. The summed E-state index contributed by atoms with van der Waals surface area (Å²) < 4.78 is 28.0. The summed E-state index contributed by atoms with van der Waals surface area (Å²) in [6.07, 6.45) is 8.30. The number of hydrogen-bond donors (Lipinski definition) is 3. The van der Waals surface area contributed by atoms with E-state index in [0.717, 1.165) is 29.9 Å². The molecule has 5 rings (SSSR count). The third-order valence-electron chi connectivity index (χ3n) is 7.58. The molecule has 1 aliphatic carbocycles. The molecule has 1 atom stereocenters. The molecule has 3 N–H and O–H groups in total. The van der Waals surface area contributed by atoms with Gasteiger partial charge >= 0.3 is 0 Å². The molecule has 0 saturated carbocycles. The van der Waals surface area contributed by atoms with Gasteiger partial charge in [0.1, 0.15) is 17.4 Å². The number of amidine groups is 1.